The van der Waals surface area contributed by atoms with Gasteiger partial charge in [-0.15, -0.1) is 0 Å². The number of nitrogens with one attached hydrogen (secondary N) is 2. The molecule has 0 spiro atoms. The maximum Gasteiger partial charge on any atom is 0.268 e. The van der Waals surface area contributed by atoms with Crippen LogP contribution in [0.15, 0.2) is 75.3 Å². The van der Waals surface area contributed by atoms with Crippen molar-refractivity contribution in [1.82, 2.24) is 9.38 Å². The van der Waals surface area contributed by atoms with E-state index in [2.05, 4.69) is 20.8 Å². The van der Waals surface area contributed by atoms with E-state index in [0.717, 1.165) is 22.6 Å². The van der Waals surface area contributed by atoms with Crippen LogP contribution in [-0.4, -0.2) is 15.6 Å². The Kier molecular flexibility index (Phi) is 5.11. The predicted molar refractivity (Wildman–Crippen MR) is 115 cm³/mol. The van der Waals surface area contributed by atoms with Gasteiger partial charge in [-0.2, -0.15) is 5.10 Å². The summed E-state index contributed by atoms with van der Waals surface area (Å²) < 4.78 is 6.89. The maximum absolute atomic E-state index is 13.1. The number of pyridine rings is 1. The Hall–Kier alpha value is -3.87. The molecule has 0 saturated carbocycles. The van der Waals surface area contributed by atoms with E-state index in [0.29, 0.717) is 23.6 Å². The molecule has 0 saturated heterocycles. The zero-order valence-electron chi connectivity index (χ0n) is 16.2. The number of hydrogen-bond acceptors (Lipinski definition) is 6. The molecule has 7 nitrogen and oxygen atoms in total. The van der Waals surface area contributed by atoms with Crippen LogP contribution < -0.4 is 16.3 Å². The number of furan rings is 1. The summed E-state index contributed by atoms with van der Waals surface area (Å²) in [5.74, 6) is 1.20. The van der Waals surface area contributed by atoms with E-state index >= 15 is 0 Å². The van der Waals surface area contributed by atoms with Gasteiger partial charge in [-0.05, 0) is 49.7 Å². The van der Waals surface area contributed by atoms with Crippen molar-refractivity contribution in [2.45, 2.75) is 20.4 Å². The number of hydrazone groups is 1. The highest BCUT2D eigenvalue weighted by atomic mass is 16.3. The summed E-state index contributed by atoms with van der Waals surface area (Å²) in [6.07, 6.45) is 4.87. The molecular formula is C22H21N5O2. The molecule has 0 aliphatic heterocycles. The quantitative estimate of drug-likeness (QED) is 0.386. The third-order valence-electron chi connectivity index (χ3n) is 4.45. The van der Waals surface area contributed by atoms with Crippen molar-refractivity contribution in [3.05, 3.63) is 93.8 Å². The van der Waals surface area contributed by atoms with Gasteiger partial charge in [-0.1, -0.05) is 23.8 Å². The number of aromatic nitrogens is 2. The number of hydrogen-bond donors (Lipinski definition) is 2. The maximum atomic E-state index is 13.1. The van der Waals surface area contributed by atoms with E-state index in [1.165, 1.54) is 10.6 Å². The lowest BCUT2D eigenvalue weighted by molar-refractivity contribution is 0.518. The molecule has 0 radical (unpaired) electrons. The second-order valence-corrected chi connectivity index (χ2v) is 6.78. The van der Waals surface area contributed by atoms with Gasteiger partial charge < -0.3 is 9.73 Å². The molecule has 1 aromatic carbocycles. The average molecular weight is 387 g/mol. The standard InChI is InChI=1S/C22H21N5O2/c1-15-5-8-17(9-6-15)26-24-13-19-21(23-12-18-4-3-11-29-18)25-20-10-7-16(2)14-27(20)22(19)28/h3-11,13-14,23,26H,12H2,1-2H3. The summed E-state index contributed by atoms with van der Waals surface area (Å²) >= 11 is 0. The second-order valence-electron chi connectivity index (χ2n) is 6.78. The van der Waals surface area contributed by atoms with E-state index < -0.39 is 0 Å². The molecule has 3 aromatic heterocycles. The number of rotatable bonds is 6. The highest BCUT2D eigenvalue weighted by Crippen LogP contribution is 2.13. The van der Waals surface area contributed by atoms with E-state index in [1.54, 1.807) is 12.5 Å². The van der Waals surface area contributed by atoms with Crippen molar-refractivity contribution in [2.75, 3.05) is 10.7 Å². The lowest BCUT2D eigenvalue weighted by atomic mass is 10.2. The largest absolute Gasteiger partial charge is 0.467 e. The van der Waals surface area contributed by atoms with E-state index in [4.69, 9.17) is 4.42 Å². The van der Waals surface area contributed by atoms with E-state index in [1.807, 2.05) is 62.4 Å². The summed E-state index contributed by atoms with van der Waals surface area (Å²) in [6.45, 7) is 4.36. The summed E-state index contributed by atoms with van der Waals surface area (Å²) in [5.41, 5.74) is 6.64. The molecule has 0 amide bonds. The van der Waals surface area contributed by atoms with E-state index in [9.17, 15) is 4.79 Å². The van der Waals surface area contributed by atoms with Crippen molar-refractivity contribution in [3.8, 4) is 0 Å². The normalized spacial score (nSPS) is 11.2. The van der Waals surface area contributed by atoms with Crippen LogP contribution in [0.25, 0.3) is 5.65 Å². The van der Waals surface area contributed by atoms with Gasteiger partial charge in [-0.25, -0.2) is 4.98 Å². The molecule has 0 bridgehead atoms. The van der Waals surface area contributed by atoms with Crippen LogP contribution in [0, 0.1) is 13.8 Å². The molecular weight excluding hydrogens is 366 g/mol. The lowest BCUT2D eigenvalue weighted by Crippen LogP contribution is -2.22. The number of fused-ring (bicyclic) bond motifs is 1. The van der Waals surface area contributed by atoms with Crippen LogP contribution >= 0.6 is 0 Å². The summed E-state index contributed by atoms with van der Waals surface area (Å²) in [7, 11) is 0. The molecule has 0 aliphatic carbocycles. The first kappa shape index (κ1) is 18.5. The zero-order chi connectivity index (χ0) is 20.2. The van der Waals surface area contributed by atoms with Crippen molar-refractivity contribution >= 4 is 23.4 Å². The SMILES string of the molecule is Cc1ccc(NN=Cc2c(NCc3ccco3)nc3ccc(C)cn3c2=O)cc1. The van der Waals surface area contributed by atoms with Gasteiger partial charge in [0.05, 0.1) is 24.7 Å². The molecule has 146 valence electrons. The molecule has 4 rings (SSSR count). The summed E-state index contributed by atoms with van der Waals surface area (Å²) in [6, 6.07) is 15.3. The smallest absolute Gasteiger partial charge is 0.268 e. The Balaban J connectivity index is 1.69. The average Bonchev–Trinajstić information content (AvgIpc) is 3.24. The Labute approximate surface area is 167 Å². The molecule has 0 unspecified atom stereocenters. The molecule has 0 atom stereocenters. The summed E-state index contributed by atoms with van der Waals surface area (Å²) in [4.78, 5) is 17.7. The van der Waals surface area contributed by atoms with Crippen LogP contribution in [0.3, 0.4) is 0 Å². The molecule has 29 heavy (non-hydrogen) atoms. The minimum absolute atomic E-state index is 0.199. The van der Waals surface area contributed by atoms with Gasteiger partial charge in [0.15, 0.2) is 0 Å². The van der Waals surface area contributed by atoms with Crippen molar-refractivity contribution < 1.29 is 4.42 Å². The van der Waals surface area contributed by atoms with Gasteiger partial charge in [0.1, 0.15) is 22.8 Å². The van der Waals surface area contributed by atoms with E-state index in [-0.39, 0.29) is 5.56 Å². The Morgan fingerprint density at radius 3 is 2.66 bits per heavy atom. The van der Waals surface area contributed by atoms with Crippen molar-refractivity contribution in [1.29, 1.82) is 0 Å². The molecule has 0 fully saturated rings. The lowest BCUT2D eigenvalue weighted by Gasteiger charge is -2.10. The van der Waals surface area contributed by atoms with Crippen LogP contribution in [0.5, 0.6) is 0 Å². The molecule has 4 aromatic rings. The highest BCUT2D eigenvalue weighted by molar-refractivity contribution is 5.86. The highest BCUT2D eigenvalue weighted by Gasteiger charge is 2.12. The predicted octanol–water partition coefficient (Wildman–Crippen LogP) is 3.96. The molecule has 2 N–H and O–H groups in total. The fourth-order valence-corrected chi connectivity index (χ4v) is 2.89. The van der Waals surface area contributed by atoms with Gasteiger partial charge in [-0.3, -0.25) is 14.6 Å². The van der Waals surface area contributed by atoms with Crippen LogP contribution in [0.2, 0.25) is 0 Å². The van der Waals surface area contributed by atoms with Gasteiger partial charge in [0, 0.05) is 6.20 Å². The Bertz CT molecular complexity index is 1210. The van der Waals surface area contributed by atoms with Crippen molar-refractivity contribution in [3.63, 3.8) is 0 Å². The fourth-order valence-electron chi connectivity index (χ4n) is 2.89. The number of anilines is 2. The van der Waals surface area contributed by atoms with Crippen LogP contribution in [-0.2, 0) is 6.54 Å². The molecule has 7 heteroatoms. The van der Waals surface area contributed by atoms with Crippen LogP contribution in [0.4, 0.5) is 11.5 Å². The fraction of sp³-hybridized carbons (Fsp3) is 0.136. The third kappa shape index (κ3) is 4.19. The topological polar surface area (TPSA) is 83.9 Å². The third-order valence-corrected chi connectivity index (χ3v) is 4.45. The van der Waals surface area contributed by atoms with Gasteiger partial charge in [0.2, 0.25) is 0 Å². The number of aryl methyl sites for hydroxylation is 2. The zero-order valence-corrected chi connectivity index (χ0v) is 16.2. The first-order chi connectivity index (χ1) is 14.1. The Morgan fingerprint density at radius 2 is 1.90 bits per heavy atom. The Morgan fingerprint density at radius 1 is 1.10 bits per heavy atom. The number of nitrogens with zero attached hydrogens (tertiary/aromatic N) is 3. The monoisotopic (exact) mass is 387 g/mol. The first-order valence-corrected chi connectivity index (χ1v) is 9.25. The molecule has 0 aliphatic rings. The minimum Gasteiger partial charge on any atom is -0.467 e. The first-order valence-electron chi connectivity index (χ1n) is 9.25. The van der Waals surface area contributed by atoms with Crippen LogP contribution in [0.1, 0.15) is 22.5 Å². The van der Waals surface area contributed by atoms with Gasteiger partial charge >= 0.3 is 0 Å². The molecule has 3 heterocycles. The van der Waals surface area contributed by atoms with Crippen molar-refractivity contribution in [2.24, 2.45) is 5.10 Å². The van der Waals surface area contributed by atoms with Gasteiger partial charge in [0.25, 0.3) is 5.56 Å². The second kappa shape index (κ2) is 8.02. The number of benzene rings is 1. The minimum atomic E-state index is -0.199. The summed E-state index contributed by atoms with van der Waals surface area (Å²) in [5, 5.41) is 7.43.